The zero-order chi connectivity index (χ0) is 21.6. The van der Waals surface area contributed by atoms with Gasteiger partial charge in [-0.25, -0.2) is 9.97 Å². The van der Waals surface area contributed by atoms with Crippen molar-refractivity contribution in [2.75, 3.05) is 19.1 Å². The van der Waals surface area contributed by atoms with E-state index in [4.69, 9.17) is 9.15 Å². The number of oxazole rings is 1. The molecule has 0 unspecified atom stereocenters. The maximum atomic E-state index is 13.2. The number of benzene rings is 1. The molecule has 4 rings (SSSR count). The largest absolute Gasteiger partial charge is 0.497 e. The predicted octanol–water partition coefficient (Wildman–Crippen LogP) is 3.42. The zero-order valence-electron chi connectivity index (χ0n) is 17.3. The number of rotatable bonds is 4. The number of hydrogen-bond acceptors (Lipinski definition) is 6. The lowest BCUT2D eigenvalue weighted by Crippen LogP contribution is -2.27. The number of fused-ring (bicyclic) bond motifs is 1. The van der Waals surface area contributed by atoms with Crippen LogP contribution in [-0.2, 0) is 0 Å². The minimum Gasteiger partial charge on any atom is -0.497 e. The Kier molecular flexibility index (Phi) is 4.54. The van der Waals surface area contributed by atoms with Crippen molar-refractivity contribution in [3.63, 3.8) is 0 Å². The second kappa shape index (κ2) is 7.08. The SMILES string of the molecule is COc1ccc2nc(N(C)C(=O)c3cc(C)n(-c4oc(C)nc4C#N)c3C)[nH]c2c1. The Morgan fingerprint density at radius 3 is 2.73 bits per heavy atom. The number of methoxy groups -OCH3 is 1. The van der Waals surface area contributed by atoms with E-state index in [9.17, 15) is 10.1 Å². The lowest BCUT2D eigenvalue weighted by atomic mass is 10.2. The monoisotopic (exact) mass is 404 g/mol. The first kappa shape index (κ1) is 19.3. The van der Waals surface area contributed by atoms with E-state index in [1.165, 1.54) is 4.90 Å². The molecule has 0 atom stereocenters. The molecule has 0 bridgehead atoms. The first-order chi connectivity index (χ1) is 14.3. The number of aromatic amines is 1. The molecule has 1 N–H and O–H groups in total. The summed E-state index contributed by atoms with van der Waals surface area (Å²) in [6.45, 7) is 5.32. The van der Waals surface area contributed by atoms with E-state index in [1.807, 2.05) is 31.2 Å². The number of aromatic nitrogens is 4. The fourth-order valence-electron chi connectivity index (χ4n) is 3.47. The van der Waals surface area contributed by atoms with Crippen LogP contribution in [0.5, 0.6) is 5.75 Å². The molecule has 0 saturated heterocycles. The van der Waals surface area contributed by atoms with Crippen LogP contribution in [0.25, 0.3) is 16.9 Å². The summed E-state index contributed by atoms with van der Waals surface area (Å²) in [6.07, 6.45) is 0. The van der Waals surface area contributed by atoms with Crippen molar-refractivity contribution in [1.29, 1.82) is 5.26 Å². The Balaban J connectivity index is 1.72. The van der Waals surface area contributed by atoms with Gasteiger partial charge in [0.1, 0.15) is 11.8 Å². The van der Waals surface area contributed by atoms with Crippen LogP contribution in [0.2, 0.25) is 0 Å². The second-order valence-corrected chi connectivity index (χ2v) is 6.93. The standard InChI is InChI=1S/C21H20N6O3/c1-11-8-15(12(2)27(11)20-18(10-22)23-13(3)30-20)19(28)26(4)21-24-16-7-6-14(29-5)9-17(16)25-21/h6-9H,1-5H3,(H,24,25). The van der Waals surface area contributed by atoms with Gasteiger partial charge >= 0.3 is 0 Å². The number of imidazole rings is 1. The number of carbonyl (C=O) groups is 1. The van der Waals surface area contributed by atoms with Gasteiger partial charge in [-0.1, -0.05) is 0 Å². The summed E-state index contributed by atoms with van der Waals surface area (Å²) in [4.78, 5) is 26.4. The average Bonchev–Trinajstić information content (AvgIpc) is 3.40. The Bertz CT molecular complexity index is 1320. The van der Waals surface area contributed by atoms with Crippen molar-refractivity contribution in [1.82, 2.24) is 19.5 Å². The number of ether oxygens (including phenoxy) is 1. The van der Waals surface area contributed by atoms with Crippen molar-refractivity contribution in [3.05, 3.63) is 52.8 Å². The van der Waals surface area contributed by atoms with Crippen molar-refractivity contribution in [2.24, 2.45) is 0 Å². The average molecular weight is 404 g/mol. The van der Waals surface area contributed by atoms with E-state index >= 15 is 0 Å². The highest BCUT2D eigenvalue weighted by atomic mass is 16.5. The number of carbonyl (C=O) groups excluding carboxylic acids is 1. The quantitative estimate of drug-likeness (QED) is 0.558. The first-order valence-corrected chi connectivity index (χ1v) is 9.22. The summed E-state index contributed by atoms with van der Waals surface area (Å²) < 4.78 is 12.6. The number of nitriles is 1. The fourth-order valence-corrected chi connectivity index (χ4v) is 3.47. The van der Waals surface area contributed by atoms with Crippen molar-refractivity contribution in [3.8, 4) is 17.7 Å². The van der Waals surface area contributed by atoms with Gasteiger partial charge in [0.2, 0.25) is 17.5 Å². The maximum Gasteiger partial charge on any atom is 0.262 e. The molecule has 0 spiro atoms. The molecule has 0 aliphatic rings. The molecule has 1 amide bonds. The van der Waals surface area contributed by atoms with Crippen LogP contribution < -0.4 is 9.64 Å². The van der Waals surface area contributed by atoms with Crippen LogP contribution >= 0.6 is 0 Å². The van der Waals surface area contributed by atoms with Gasteiger partial charge in [0.05, 0.1) is 23.7 Å². The van der Waals surface area contributed by atoms with E-state index in [0.717, 1.165) is 16.7 Å². The minimum atomic E-state index is -0.241. The molecular weight excluding hydrogens is 384 g/mol. The minimum absolute atomic E-state index is 0.174. The molecule has 3 aromatic heterocycles. The van der Waals surface area contributed by atoms with Crippen LogP contribution in [0.4, 0.5) is 5.95 Å². The van der Waals surface area contributed by atoms with Gasteiger partial charge in [0, 0.05) is 31.4 Å². The highest BCUT2D eigenvalue weighted by molar-refractivity contribution is 6.06. The summed E-state index contributed by atoms with van der Waals surface area (Å²) in [6, 6.07) is 9.26. The van der Waals surface area contributed by atoms with Crippen molar-refractivity contribution < 1.29 is 13.9 Å². The van der Waals surface area contributed by atoms with E-state index in [2.05, 4.69) is 15.0 Å². The van der Waals surface area contributed by atoms with Gasteiger partial charge < -0.3 is 14.1 Å². The zero-order valence-corrected chi connectivity index (χ0v) is 17.3. The third kappa shape index (κ3) is 2.99. The van der Waals surface area contributed by atoms with Gasteiger partial charge in [0.15, 0.2) is 5.89 Å². The lowest BCUT2D eigenvalue weighted by molar-refractivity contribution is 0.0991. The summed E-state index contributed by atoms with van der Waals surface area (Å²) in [7, 11) is 3.25. The molecule has 1 aromatic carbocycles. The van der Waals surface area contributed by atoms with Crippen molar-refractivity contribution in [2.45, 2.75) is 20.8 Å². The number of nitrogens with one attached hydrogen (secondary N) is 1. The number of nitrogens with zero attached hydrogens (tertiary/aromatic N) is 5. The molecule has 3 heterocycles. The van der Waals surface area contributed by atoms with Gasteiger partial charge in [-0.15, -0.1) is 0 Å². The van der Waals surface area contributed by atoms with Crippen LogP contribution in [0.1, 0.15) is 33.3 Å². The number of aryl methyl sites for hydroxylation is 2. The Hall–Kier alpha value is -4.06. The van der Waals surface area contributed by atoms with Gasteiger partial charge in [-0.3, -0.25) is 14.3 Å². The highest BCUT2D eigenvalue weighted by Crippen LogP contribution is 2.27. The Morgan fingerprint density at radius 2 is 2.03 bits per heavy atom. The topological polar surface area (TPSA) is 113 Å². The molecule has 30 heavy (non-hydrogen) atoms. The fraction of sp³-hybridized carbons (Fsp3) is 0.238. The second-order valence-electron chi connectivity index (χ2n) is 6.93. The van der Waals surface area contributed by atoms with Gasteiger partial charge in [-0.2, -0.15) is 5.26 Å². The molecule has 0 saturated carbocycles. The molecule has 4 aromatic rings. The third-order valence-electron chi connectivity index (χ3n) is 4.99. The van der Waals surface area contributed by atoms with E-state index < -0.39 is 0 Å². The Labute approximate surface area is 172 Å². The number of amides is 1. The first-order valence-electron chi connectivity index (χ1n) is 9.22. The summed E-state index contributed by atoms with van der Waals surface area (Å²) >= 11 is 0. The van der Waals surface area contributed by atoms with Crippen molar-refractivity contribution >= 4 is 22.9 Å². The van der Waals surface area contributed by atoms with Gasteiger partial charge in [0.25, 0.3) is 5.91 Å². The number of hydrogen-bond donors (Lipinski definition) is 1. The van der Waals surface area contributed by atoms with Crippen LogP contribution in [0, 0.1) is 32.1 Å². The molecule has 0 fully saturated rings. The predicted molar refractivity (Wildman–Crippen MR) is 110 cm³/mol. The Morgan fingerprint density at radius 1 is 1.27 bits per heavy atom. The van der Waals surface area contributed by atoms with Gasteiger partial charge in [-0.05, 0) is 32.0 Å². The van der Waals surface area contributed by atoms with E-state index in [0.29, 0.717) is 34.7 Å². The summed E-state index contributed by atoms with van der Waals surface area (Å²) in [5.74, 6) is 1.57. The number of H-pyrrole nitrogens is 1. The van der Waals surface area contributed by atoms with E-state index in [-0.39, 0.29) is 11.6 Å². The normalized spacial score (nSPS) is 10.9. The molecular formula is C21H20N6O3. The summed E-state index contributed by atoms with van der Waals surface area (Å²) in [5.41, 5.74) is 3.55. The lowest BCUT2D eigenvalue weighted by Gasteiger charge is -2.14. The van der Waals surface area contributed by atoms with Crippen LogP contribution in [0.15, 0.2) is 28.7 Å². The van der Waals surface area contributed by atoms with Crippen LogP contribution in [-0.4, -0.2) is 39.6 Å². The highest BCUT2D eigenvalue weighted by Gasteiger charge is 2.25. The molecule has 0 aliphatic heterocycles. The molecule has 152 valence electrons. The van der Waals surface area contributed by atoms with E-state index in [1.54, 1.807) is 38.6 Å². The molecule has 9 nitrogen and oxygen atoms in total. The molecule has 0 aliphatic carbocycles. The molecule has 9 heteroatoms. The summed E-state index contributed by atoms with van der Waals surface area (Å²) in [5, 5.41) is 9.35. The van der Waals surface area contributed by atoms with Crippen LogP contribution in [0.3, 0.4) is 0 Å². The third-order valence-corrected chi connectivity index (χ3v) is 4.99. The maximum absolute atomic E-state index is 13.2. The number of anilines is 1. The molecule has 0 radical (unpaired) electrons. The smallest absolute Gasteiger partial charge is 0.262 e.